The van der Waals surface area contributed by atoms with E-state index in [1.165, 1.54) is 12.1 Å². The molecule has 0 saturated carbocycles. The number of hydrogen-bond donors (Lipinski definition) is 2. The maximum Gasteiger partial charge on any atom is 0.272 e. The number of amides is 1. The third-order valence-corrected chi connectivity index (χ3v) is 4.17. The van der Waals surface area contributed by atoms with Crippen molar-refractivity contribution < 1.29 is 13.4 Å². The summed E-state index contributed by atoms with van der Waals surface area (Å²) in [4.78, 5) is 15.4. The molecule has 23 heavy (non-hydrogen) atoms. The summed E-state index contributed by atoms with van der Waals surface area (Å²) in [6.07, 6.45) is 1.62. The second-order valence-corrected chi connectivity index (χ2v) is 6.68. The average molecular weight is 330 g/mol. The molecule has 3 aromatic rings. The number of hydrogen-bond acceptors (Lipinski definition) is 2. The number of H-pyrrole nitrogens is 1. The van der Waals surface area contributed by atoms with Gasteiger partial charge in [-0.15, -0.1) is 0 Å². The van der Waals surface area contributed by atoms with E-state index < -0.39 is 10.8 Å². The normalized spacial score (nSPS) is 12.3. The molecule has 3 rings (SSSR count). The summed E-state index contributed by atoms with van der Waals surface area (Å²) in [6.45, 7) is 0. The van der Waals surface area contributed by atoms with Gasteiger partial charge in [-0.3, -0.25) is 9.00 Å². The summed E-state index contributed by atoms with van der Waals surface area (Å²) >= 11 is 0. The predicted molar refractivity (Wildman–Crippen MR) is 90.4 cm³/mol. The molecular formula is C17H15FN2O2S. The number of aromatic nitrogens is 1. The summed E-state index contributed by atoms with van der Waals surface area (Å²) < 4.78 is 24.7. The summed E-state index contributed by atoms with van der Waals surface area (Å²) in [6, 6.07) is 13.1. The van der Waals surface area contributed by atoms with Gasteiger partial charge in [0.15, 0.2) is 0 Å². The van der Waals surface area contributed by atoms with Crippen molar-refractivity contribution in [3.8, 4) is 0 Å². The number of nitrogens with one attached hydrogen (secondary N) is 2. The minimum absolute atomic E-state index is 0.323. The van der Waals surface area contributed by atoms with Crippen LogP contribution in [0.15, 0.2) is 48.5 Å². The summed E-state index contributed by atoms with van der Waals surface area (Å²) in [7, 11) is -1.00. The van der Waals surface area contributed by atoms with E-state index in [-0.39, 0.29) is 11.7 Å². The quantitative estimate of drug-likeness (QED) is 0.770. The Hall–Kier alpha value is -2.47. The van der Waals surface area contributed by atoms with Crippen molar-refractivity contribution in [3.63, 3.8) is 0 Å². The van der Waals surface area contributed by atoms with Crippen molar-refractivity contribution in [3.05, 3.63) is 65.6 Å². The van der Waals surface area contributed by atoms with Gasteiger partial charge in [0.2, 0.25) is 0 Å². The van der Waals surface area contributed by atoms with Crippen molar-refractivity contribution in [2.45, 2.75) is 5.75 Å². The van der Waals surface area contributed by atoms with Crippen molar-refractivity contribution in [2.75, 3.05) is 11.6 Å². The Morgan fingerprint density at radius 3 is 2.78 bits per heavy atom. The molecule has 1 amide bonds. The van der Waals surface area contributed by atoms with E-state index >= 15 is 0 Å². The molecule has 2 aromatic carbocycles. The second kappa shape index (κ2) is 6.34. The topological polar surface area (TPSA) is 62.0 Å². The molecule has 0 bridgehead atoms. The van der Waals surface area contributed by atoms with Crippen LogP contribution in [0, 0.1) is 5.82 Å². The molecule has 1 atom stereocenters. The standard InChI is InChI=1S/C17H15FN2O2S/c1-23(22)10-11-4-2-3-5-14(11)20-17(21)16-9-12-8-13(18)6-7-15(12)19-16/h2-9,19H,10H2,1H3,(H,20,21)/t23-/m1/s1. The lowest BCUT2D eigenvalue weighted by Gasteiger charge is -2.09. The zero-order chi connectivity index (χ0) is 16.4. The summed E-state index contributed by atoms with van der Waals surface area (Å²) in [5.41, 5.74) is 2.47. The molecule has 0 fully saturated rings. The first-order chi connectivity index (χ1) is 11.0. The van der Waals surface area contributed by atoms with Gasteiger partial charge in [-0.2, -0.15) is 0 Å². The number of carbonyl (C=O) groups excluding carboxylic acids is 1. The fraction of sp³-hybridized carbons (Fsp3) is 0.118. The van der Waals surface area contributed by atoms with E-state index in [2.05, 4.69) is 10.3 Å². The number of aromatic amines is 1. The zero-order valence-corrected chi connectivity index (χ0v) is 13.2. The minimum atomic E-state index is -1.00. The summed E-state index contributed by atoms with van der Waals surface area (Å²) in [5, 5.41) is 3.45. The van der Waals surface area contributed by atoms with Gasteiger partial charge < -0.3 is 10.3 Å². The highest BCUT2D eigenvalue weighted by atomic mass is 32.2. The fourth-order valence-electron chi connectivity index (χ4n) is 2.40. The molecule has 0 aliphatic carbocycles. The van der Waals surface area contributed by atoms with E-state index in [1.54, 1.807) is 30.5 Å². The first-order valence-corrected chi connectivity index (χ1v) is 8.73. The van der Waals surface area contributed by atoms with E-state index in [9.17, 15) is 13.4 Å². The summed E-state index contributed by atoms with van der Waals surface area (Å²) in [5.74, 6) is -0.302. The lowest BCUT2D eigenvalue weighted by Crippen LogP contribution is -2.14. The Kier molecular flexibility index (Phi) is 4.25. The Morgan fingerprint density at radius 1 is 1.22 bits per heavy atom. The number of benzene rings is 2. The Labute approximate surface area is 135 Å². The number of halogens is 1. The highest BCUT2D eigenvalue weighted by molar-refractivity contribution is 7.83. The van der Waals surface area contributed by atoms with Crippen LogP contribution in [0.5, 0.6) is 0 Å². The average Bonchev–Trinajstić information content (AvgIpc) is 2.92. The van der Waals surface area contributed by atoms with Gasteiger partial charge in [0.1, 0.15) is 11.5 Å². The second-order valence-electron chi connectivity index (χ2n) is 5.24. The molecule has 2 N–H and O–H groups in total. The Balaban J connectivity index is 1.87. The number of rotatable bonds is 4. The highest BCUT2D eigenvalue weighted by Crippen LogP contribution is 2.20. The first kappa shape index (κ1) is 15.4. The maximum atomic E-state index is 13.2. The smallest absolute Gasteiger partial charge is 0.272 e. The number of carbonyl (C=O) groups is 1. The lowest BCUT2D eigenvalue weighted by molar-refractivity contribution is 0.102. The molecule has 6 heteroatoms. The zero-order valence-electron chi connectivity index (χ0n) is 12.4. The number of para-hydroxylation sites is 1. The van der Waals surface area contributed by atoms with E-state index in [4.69, 9.17) is 0 Å². The minimum Gasteiger partial charge on any atom is -0.351 e. The van der Waals surface area contributed by atoms with E-state index in [1.807, 2.05) is 12.1 Å². The molecule has 0 spiro atoms. The van der Waals surface area contributed by atoms with Crippen LogP contribution in [0.2, 0.25) is 0 Å². The van der Waals surface area contributed by atoms with Gasteiger partial charge in [0.25, 0.3) is 5.91 Å². The highest BCUT2D eigenvalue weighted by Gasteiger charge is 2.12. The third-order valence-electron chi connectivity index (χ3n) is 3.45. The fourth-order valence-corrected chi connectivity index (χ4v) is 3.09. The molecule has 118 valence electrons. The monoisotopic (exact) mass is 330 g/mol. The molecule has 1 aromatic heterocycles. The van der Waals surface area contributed by atoms with Crippen LogP contribution in [-0.4, -0.2) is 21.4 Å². The van der Waals surface area contributed by atoms with Gasteiger partial charge in [0, 0.05) is 33.6 Å². The predicted octanol–water partition coefficient (Wildman–Crippen LogP) is 3.44. The third kappa shape index (κ3) is 3.48. The van der Waals surface area contributed by atoms with E-state index in [0.717, 1.165) is 5.56 Å². The Bertz CT molecular complexity index is 904. The van der Waals surface area contributed by atoms with Crippen LogP contribution in [0.4, 0.5) is 10.1 Å². The first-order valence-electron chi connectivity index (χ1n) is 7.00. The molecule has 0 unspecified atom stereocenters. The Morgan fingerprint density at radius 2 is 2.00 bits per heavy atom. The van der Waals surface area contributed by atoms with Crippen molar-refractivity contribution in [1.82, 2.24) is 4.98 Å². The van der Waals surface area contributed by atoms with Crippen LogP contribution in [0.25, 0.3) is 10.9 Å². The molecule has 1 heterocycles. The van der Waals surface area contributed by atoms with Gasteiger partial charge in [-0.25, -0.2) is 4.39 Å². The van der Waals surface area contributed by atoms with Crippen molar-refractivity contribution in [1.29, 1.82) is 0 Å². The molecule has 4 nitrogen and oxygen atoms in total. The largest absolute Gasteiger partial charge is 0.351 e. The molecule has 0 saturated heterocycles. The molecule has 0 radical (unpaired) electrons. The van der Waals surface area contributed by atoms with Crippen molar-refractivity contribution >= 4 is 33.3 Å². The number of fused-ring (bicyclic) bond motifs is 1. The van der Waals surface area contributed by atoms with Gasteiger partial charge in [0.05, 0.1) is 5.75 Å². The van der Waals surface area contributed by atoms with Crippen LogP contribution in [-0.2, 0) is 16.6 Å². The van der Waals surface area contributed by atoms with Gasteiger partial charge in [-0.05, 0) is 35.9 Å². The number of anilines is 1. The SMILES string of the molecule is C[S@@](=O)Cc1ccccc1NC(=O)c1cc2cc(F)ccc2[nH]1. The van der Waals surface area contributed by atoms with Crippen LogP contribution in [0.1, 0.15) is 16.1 Å². The van der Waals surface area contributed by atoms with Crippen molar-refractivity contribution in [2.24, 2.45) is 0 Å². The molecule has 0 aliphatic rings. The van der Waals surface area contributed by atoms with Crippen LogP contribution in [0.3, 0.4) is 0 Å². The molecule has 0 aliphatic heterocycles. The maximum absolute atomic E-state index is 13.2. The van der Waals surface area contributed by atoms with Crippen LogP contribution < -0.4 is 5.32 Å². The van der Waals surface area contributed by atoms with Gasteiger partial charge in [-0.1, -0.05) is 18.2 Å². The molecular weight excluding hydrogens is 315 g/mol. The van der Waals surface area contributed by atoms with Crippen LogP contribution >= 0.6 is 0 Å². The van der Waals surface area contributed by atoms with E-state index in [0.29, 0.717) is 28.0 Å². The van der Waals surface area contributed by atoms with Gasteiger partial charge >= 0.3 is 0 Å². The lowest BCUT2D eigenvalue weighted by atomic mass is 10.2.